The van der Waals surface area contributed by atoms with Gasteiger partial charge < -0.3 is 10.4 Å². The molecule has 0 fully saturated rings. The van der Waals surface area contributed by atoms with E-state index in [1.807, 2.05) is 0 Å². The SMILES string of the molecule is CCC(C)C(O)CNCc1cc(Br)cs1. The lowest BCUT2D eigenvalue weighted by Crippen LogP contribution is -2.30. The fourth-order valence-corrected chi connectivity index (χ4v) is 2.68. The average molecular weight is 292 g/mol. The zero-order chi connectivity index (χ0) is 11.3. The molecule has 0 aliphatic carbocycles. The lowest BCUT2D eigenvalue weighted by atomic mass is 10.0. The van der Waals surface area contributed by atoms with Crippen LogP contribution in [-0.2, 0) is 6.54 Å². The van der Waals surface area contributed by atoms with Crippen molar-refractivity contribution in [1.82, 2.24) is 5.32 Å². The third-order valence-corrected chi connectivity index (χ3v) is 4.27. The molecule has 2 unspecified atom stereocenters. The Balaban J connectivity index is 2.21. The predicted octanol–water partition coefficient (Wildman–Crippen LogP) is 3.01. The summed E-state index contributed by atoms with van der Waals surface area (Å²) in [5.74, 6) is 0.368. The number of aliphatic hydroxyl groups excluding tert-OH is 1. The summed E-state index contributed by atoms with van der Waals surface area (Å²) < 4.78 is 1.13. The van der Waals surface area contributed by atoms with Crippen LogP contribution in [-0.4, -0.2) is 17.8 Å². The van der Waals surface area contributed by atoms with E-state index in [-0.39, 0.29) is 6.10 Å². The van der Waals surface area contributed by atoms with Crippen molar-refractivity contribution in [3.05, 3.63) is 20.8 Å². The minimum Gasteiger partial charge on any atom is -0.392 e. The number of rotatable bonds is 6. The molecule has 4 heteroatoms. The van der Waals surface area contributed by atoms with Crippen molar-refractivity contribution < 1.29 is 5.11 Å². The average Bonchev–Trinajstić information content (AvgIpc) is 2.63. The maximum absolute atomic E-state index is 9.73. The Kier molecular flexibility index (Phi) is 5.82. The van der Waals surface area contributed by atoms with Crippen molar-refractivity contribution in [2.24, 2.45) is 5.92 Å². The fraction of sp³-hybridized carbons (Fsp3) is 0.636. The molecule has 0 amide bonds. The van der Waals surface area contributed by atoms with Crippen LogP contribution in [0.1, 0.15) is 25.1 Å². The number of hydrogen-bond acceptors (Lipinski definition) is 3. The summed E-state index contributed by atoms with van der Waals surface area (Å²) >= 11 is 5.15. The van der Waals surface area contributed by atoms with Gasteiger partial charge in [-0.05, 0) is 27.9 Å². The normalized spacial score (nSPS) is 15.2. The molecule has 0 saturated carbocycles. The Morgan fingerprint density at radius 1 is 1.60 bits per heavy atom. The fourth-order valence-electron chi connectivity index (χ4n) is 1.26. The quantitative estimate of drug-likeness (QED) is 0.845. The molecule has 1 heterocycles. The van der Waals surface area contributed by atoms with Crippen LogP contribution in [0.5, 0.6) is 0 Å². The van der Waals surface area contributed by atoms with Crippen molar-refractivity contribution in [3.63, 3.8) is 0 Å². The van der Waals surface area contributed by atoms with Gasteiger partial charge in [0.2, 0.25) is 0 Å². The summed E-state index contributed by atoms with van der Waals surface area (Å²) in [6, 6.07) is 2.10. The van der Waals surface area contributed by atoms with Crippen LogP contribution in [0.4, 0.5) is 0 Å². The highest BCUT2D eigenvalue weighted by Gasteiger charge is 2.11. The molecule has 1 aromatic heterocycles. The maximum atomic E-state index is 9.73. The summed E-state index contributed by atoms with van der Waals surface area (Å²) in [4.78, 5) is 1.29. The molecule has 0 radical (unpaired) electrons. The number of aliphatic hydroxyl groups is 1. The second kappa shape index (κ2) is 6.63. The Hall–Kier alpha value is 0.1000. The Morgan fingerprint density at radius 2 is 2.33 bits per heavy atom. The molecule has 15 heavy (non-hydrogen) atoms. The predicted molar refractivity (Wildman–Crippen MR) is 69.2 cm³/mol. The summed E-state index contributed by atoms with van der Waals surface area (Å²) in [5, 5.41) is 15.1. The first-order valence-electron chi connectivity index (χ1n) is 5.25. The molecule has 2 atom stereocenters. The highest BCUT2D eigenvalue weighted by atomic mass is 79.9. The second-order valence-corrected chi connectivity index (χ2v) is 5.73. The van der Waals surface area contributed by atoms with Crippen molar-refractivity contribution >= 4 is 27.3 Å². The van der Waals surface area contributed by atoms with Crippen LogP contribution in [0.15, 0.2) is 15.9 Å². The molecule has 0 aromatic carbocycles. The number of nitrogens with one attached hydrogen (secondary N) is 1. The van der Waals surface area contributed by atoms with Gasteiger partial charge in [-0.15, -0.1) is 11.3 Å². The highest BCUT2D eigenvalue weighted by Crippen LogP contribution is 2.19. The molecule has 0 spiro atoms. The standard InChI is InChI=1S/C11H18BrNOS/c1-3-8(2)11(14)6-13-5-10-4-9(12)7-15-10/h4,7-8,11,13-14H,3,5-6H2,1-2H3. The molecule has 0 bridgehead atoms. The summed E-state index contributed by atoms with van der Waals surface area (Å²) in [5.41, 5.74) is 0. The molecular weight excluding hydrogens is 274 g/mol. The lowest BCUT2D eigenvalue weighted by Gasteiger charge is -2.17. The summed E-state index contributed by atoms with van der Waals surface area (Å²) in [7, 11) is 0. The largest absolute Gasteiger partial charge is 0.392 e. The molecule has 1 aromatic rings. The van der Waals surface area contributed by atoms with E-state index in [1.54, 1.807) is 11.3 Å². The number of halogens is 1. The van der Waals surface area contributed by atoms with E-state index in [4.69, 9.17) is 0 Å². The van der Waals surface area contributed by atoms with Gasteiger partial charge >= 0.3 is 0 Å². The van der Waals surface area contributed by atoms with Gasteiger partial charge in [-0.2, -0.15) is 0 Å². The first-order valence-corrected chi connectivity index (χ1v) is 6.92. The smallest absolute Gasteiger partial charge is 0.0690 e. The van der Waals surface area contributed by atoms with Gasteiger partial charge in [0.05, 0.1) is 6.10 Å². The molecule has 0 aliphatic rings. The van der Waals surface area contributed by atoms with Gasteiger partial charge in [0.1, 0.15) is 0 Å². The molecule has 86 valence electrons. The van der Waals surface area contributed by atoms with E-state index in [0.29, 0.717) is 12.5 Å². The third kappa shape index (κ3) is 4.64. The van der Waals surface area contributed by atoms with Gasteiger partial charge in [-0.25, -0.2) is 0 Å². The van der Waals surface area contributed by atoms with Gasteiger partial charge in [0.25, 0.3) is 0 Å². The minimum atomic E-state index is -0.238. The van der Waals surface area contributed by atoms with E-state index >= 15 is 0 Å². The monoisotopic (exact) mass is 291 g/mol. The van der Waals surface area contributed by atoms with Crippen molar-refractivity contribution in [3.8, 4) is 0 Å². The van der Waals surface area contributed by atoms with E-state index in [1.165, 1.54) is 4.88 Å². The van der Waals surface area contributed by atoms with Crippen LogP contribution in [0.3, 0.4) is 0 Å². The number of hydrogen-bond donors (Lipinski definition) is 2. The molecule has 0 saturated heterocycles. The van der Waals surface area contributed by atoms with E-state index in [2.05, 4.69) is 46.5 Å². The molecule has 2 N–H and O–H groups in total. The first-order chi connectivity index (χ1) is 7.13. The van der Waals surface area contributed by atoms with Gasteiger partial charge in [-0.3, -0.25) is 0 Å². The van der Waals surface area contributed by atoms with E-state index in [9.17, 15) is 5.11 Å². The first kappa shape index (κ1) is 13.2. The summed E-state index contributed by atoms with van der Waals surface area (Å²) in [6.07, 6.45) is 0.784. The van der Waals surface area contributed by atoms with E-state index < -0.39 is 0 Å². The van der Waals surface area contributed by atoms with Crippen LogP contribution in [0.25, 0.3) is 0 Å². The molecule has 2 nitrogen and oxygen atoms in total. The van der Waals surface area contributed by atoms with Gasteiger partial charge in [0, 0.05) is 27.8 Å². The lowest BCUT2D eigenvalue weighted by molar-refractivity contribution is 0.113. The molecular formula is C11H18BrNOS. The number of thiophene rings is 1. The Bertz CT molecular complexity index is 290. The van der Waals surface area contributed by atoms with Crippen LogP contribution in [0, 0.1) is 5.92 Å². The topological polar surface area (TPSA) is 32.3 Å². The van der Waals surface area contributed by atoms with E-state index in [0.717, 1.165) is 17.4 Å². The Morgan fingerprint density at radius 3 is 2.87 bits per heavy atom. The van der Waals surface area contributed by atoms with Gasteiger partial charge in [-0.1, -0.05) is 20.3 Å². The highest BCUT2D eigenvalue weighted by molar-refractivity contribution is 9.10. The zero-order valence-electron chi connectivity index (χ0n) is 9.16. The van der Waals surface area contributed by atoms with Gasteiger partial charge in [0.15, 0.2) is 0 Å². The maximum Gasteiger partial charge on any atom is 0.0690 e. The Labute approximate surface area is 104 Å². The van der Waals surface area contributed by atoms with Crippen LogP contribution >= 0.6 is 27.3 Å². The zero-order valence-corrected chi connectivity index (χ0v) is 11.6. The van der Waals surface area contributed by atoms with Crippen LogP contribution in [0.2, 0.25) is 0 Å². The molecule has 1 rings (SSSR count). The van der Waals surface area contributed by atoms with Crippen molar-refractivity contribution in [2.75, 3.05) is 6.54 Å². The second-order valence-electron chi connectivity index (χ2n) is 3.82. The third-order valence-electron chi connectivity index (χ3n) is 2.58. The summed E-state index contributed by atoms with van der Waals surface area (Å²) in [6.45, 7) is 5.69. The minimum absolute atomic E-state index is 0.238. The van der Waals surface area contributed by atoms with Crippen LogP contribution < -0.4 is 5.32 Å². The van der Waals surface area contributed by atoms with Crippen molar-refractivity contribution in [1.29, 1.82) is 0 Å². The molecule has 0 aliphatic heterocycles. The van der Waals surface area contributed by atoms with Crippen molar-refractivity contribution in [2.45, 2.75) is 32.9 Å².